The van der Waals surface area contributed by atoms with E-state index >= 15 is 0 Å². The Morgan fingerprint density at radius 3 is 0.840 bits per heavy atom. The van der Waals surface area contributed by atoms with Crippen molar-refractivity contribution in [1.82, 2.24) is 0 Å². The first-order valence-corrected chi connectivity index (χ1v) is 63.9. The summed E-state index contributed by atoms with van der Waals surface area (Å²) >= 11 is 0. The molecule has 10 aromatic rings. The van der Waals surface area contributed by atoms with Crippen LogP contribution in [0.3, 0.4) is 0 Å². The van der Waals surface area contributed by atoms with Crippen molar-refractivity contribution in [3.8, 4) is 67.1 Å². The highest BCUT2D eigenvalue weighted by atomic mass is 31.1. The zero-order valence-electron chi connectivity index (χ0n) is 98.6. The van der Waals surface area contributed by atoms with Crippen molar-refractivity contribution in [2.75, 3.05) is 0 Å². The van der Waals surface area contributed by atoms with Crippen LogP contribution in [0.15, 0.2) is 194 Å². The fraction of sp³-hybridized carbons (Fsp3) is 0.562. The number of rotatable bonds is 24. The molecule has 786 valence electrons. The first kappa shape index (κ1) is 120. The Morgan fingerprint density at radius 1 is 0.236 bits per heavy atom. The fourth-order valence-corrected chi connectivity index (χ4v) is 45.5. The second-order valence-corrected chi connectivity index (χ2v) is 68.5. The highest BCUT2D eigenvalue weighted by molar-refractivity contribution is 7.70. The van der Waals surface area contributed by atoms with Crippen molar-refractivity contribution in [2.24, 2.45) is 0 Å². The van der Waals surface area contributed by atoms with Gasteiger partial charge < -0.3 is 9.47 Å². The molecule has 0 heterocycles. The lowest BCUT2D eigenvalue weighted by atomic mass is 9.79. The lowest BCUT2D eigenvalue weighted by Gasteiger charge is -2.45. The molecule has 14 rings (SSSR count). The van der Waals surface area contributed by atoms with E-state index in [0.717, 1.165) is 39.7 Å². The minimum Gasteiger partial charge on any atom is -0.490 e. The molecule has 0 aliphatic heterocycles. The molecule has 4 aliphatic rings. The molecule has 10 aromatic carbocycles. The summed E-state index contributed by atoms with van der Waals surface area (Å²) in [7, 11) is -1.34. The second kappa shape index (κ2) is 52.8. The van der Waals surface area contributed by atoms with E-state index in [4.69, 9.17) is 9.47 Å². The summed E-state index contributed by atoms with van der Waals surface area (Å²) in [6.07, 6.45) is 29.1. The fourth-order valence-electron chi connectivity index (χ4n) is 24.9. The van der Waals surface area contributed by atoms with E-state index in [1.807, 2.05) is 0 Å². The van der Waals surface area contributed by atoms with Crippen molar-refractivity contribution >= 4 is 66.1 Å². The number of hydrogen-bond acceptors (Lipinski definition) is 2. The molecular formula is C137H201O2P5. The van der Waals surface area contributed by atoms with Gasteiger partial charge in [0.05, 0.1) is 17.8 Å². The van der Waals surface area contributed by atoms with E-state index in [9.17, 15) is 0 Å². The monoisotopic (exact) mass is 2030 g/mol. The van der Waals surface area contributed by atoms with Gasteiger partial charge in [0.25, 0.3) is 0 Å². The van der Waals surface area contributed by atoms with Crippen LogP contribution in [0.2, 0.25) is 0 Å². The third-order valence-electron chi connectivity index (χ3n) is 30.7. The van der Waals surface area contributed by atoms with Crippen LogP contribution in [0.4, 0.5) is 0 Å². The SMILES string of the molecule is CC(C)Oc1cccc(OC(C)C)c1-c1ccccc1P(C1CCCCC1)C1CCCCC1.CC(C)c1cc(C(C)C)c(-c2ccccc2P(C(C)(C)C)C(C)(C)C)c(C(C)C)c1.Cc1c(C)c(C)c(P(C(C)(C)C)C(C)(C)C)c(-c2c(C(C)C)cc(C(C)C)cc2C(C)C)c1C.Cc1ccccc1-c1ccccc1P(C(C)(C)C)C(C)(C)C.c1ccc(-c2ccccc2P(C2CCCCC2)C2CCCCC2)cc1. The van der Waals surface area contributed by atoms with Gasteiger partial charge in [-0.25, -0.2) is 0 Å². The van der Waals surface area contributed by atoms with Crippen molar-refractivity contribution in [1.29, 1.82) is 0 Å². The molecule has 0 bridgehead atoms. The molecule has 0 aromatic heterocycles. The van der Waals surface area contributed by atoms with E-state index in [1.54, 1.807) is 26.8 Å². The summed E-state index contributed by atoms with van der Waals surface area (Å²) < 4.78 is 12.7. The molecule has 4 fully saturated rings. The van der Waals surface area contributed by atoms with E-state index in [1.165, 1.54) is 239 Å². The van der Waals surface area contributed by atoms with Gasteiger partial charge in [-0.1, -0.05) is 506 Å². The highest BCUT2D eigenvalue weighted by Gasteiger charge is 2.44. The second-order valence-electron chi connectivity index (χ2n) is 51.5. The Labute approximate surface area is 891 Å². The van der Waals surface area contributed by atoms with Crippen LogP contribution in [0, 0.1) is 34.6 Å². The summed E-state index contributed by atoms with van der Waals surface area (Å²) in [5.74, 6) is 4.96. The first-order chi connectivity index (χ1) is 67.6. The molecule has 0 atom stereocenters. The van der Waals surface area contributed by atoms with Crippen LogP contribution >= 0.6 is 39.6 Å². The van der Waals surface area contributed by atoms with Gasteiger partial charge in [-0.2, -0.15) is 0 Å². The molecule has 0 N–H and O–H groups in total. The number of aryl methyl sites for hydroxylation is 1. The van der Waals surface area contributed by atoms with E-state index in [-0.39, 0.29) is 74.8 Å². The molecule has 0 amide bonds. The maximum Gasteiger partial charge on any atom is 0.131 e. The van der Waals surface area contributed by atoms with Crippen molar-refractivity contribution in [3.63, 3.8) is 0 Å². The summed E-state index contributed by atoms with van der Waals surface area (Å²) in [4.78, 5) is 0. The van der Waals surface area contributed by atoms with E-state index in [0.29, 0.717) is 35.5 Å². The van der Waals surface area contributed by atoms with Gasteiger partial charge in [-0.3, -0.25) is 0 Å². The van der Waals surface area contributed by atoms with Crippen LogP contribution in [0.25, 0.3) is 55.6 Å². The molecule has 0 unspecified atom stereocenters. The largest absolute Gasteiger partial charge is 0.490 e. The van der Waals surface area contributed by atoms with Gasteiger partial charge in [0.2, 0.25) is 0 Å². The van der Waals surface area contributed by atoms with E-state index in [2.05, 4.69) is 464 Å². The molecule has 4 aliphatic carbocycles. The van der Waals surface area contributed by atoms with Gasteiger partial charge in [0.15, 0.2) is 0 Å². The Balaban J connectivity index is 0.000000186. The third kappa shape index (κ3) is 30.9. The standard InChI is InChI=1S/C33H53P.C30H43O2P.C29H45P.C24H31P.C21H29P/c1-19(2)26-17-27(20(3)4)30(28(18-26)21(5)6)29-24(9)22(7)23(8)25(10)31(29)34(32(11,12)13)33(14,15)16;1-22(2)31-27-19-13-20-28(32-23(3)4)30(27)26-18-11-12-21-29(26)33(24-14-7-5-8-15-24)25-16-9-6-10-17-25;1-19(2)22-17-24(20(3)4)27(25(18-22)21(5)6)23-15-13-14-16-26(23)30(28(7,8)9)29(10,11)12;1-4-12-20(13-5-1)23-18-10-11-19-24(23)25(21-14-6-2-7-15-21)22-16-8-3-9-17-22;1-16-12-8-9-13-17(16)18-14-10-11-15-19(18)22(20(2,3)4)21(5,6)7/h17-21H,1-16H3;11-13,18-25H,5-10,14-17H2,1-4H3;13-21H,1-12H3;1,4-5,10-13,18-19,21-22H,2-3,6-9,14-17H2;8-15H,1-7H3. The quantitative estimate of drug-likeness (QED) is 0.0562. The predicted molar refractivity (Wildman–Crippen MR) is 658 cm³/mol. The normalized spacial score (nSPS) is 15.5. The van der Waals surface area contributed by atoms with Crippen LogP contribution in [0.1, 0.15) is 461 Å². The summed E-state index contributed by atoms with van der Waals surface area (Å²) in [5.41, 5.74) is 34.3. The van der Waals surface area contributed by atoms with Gasteiger partial charge >= 0.3 is 0 Å². The summed E-state index contributed by atoms with van der Waals surface area (Å²) in [6.45, 7) is 92.0. The smallest absolute Gasteiger partial charge is 0.131 e. The van der Waals surface area contributed by atoms with Crippen molar-refractivity contribution in [3.05, 3.63) is 255 Å². The molecule has 0 radical (unpaired) electrons. The Morgan fingerprint density at radius 2 is 0.514 bits per heavy atom. The van der Waals surface area contributed by atoms with Gasteiger partial charge in [-0.05, 0) is 353 Å². The number of ether oxygens (including phenoxy) is 2. The maximum atomic E-state index is 6.37. The lowest BCUT2D eigenvalue weighted by Crippen LogP contribution is -2.34. The van der Waals surface area contributed by atoms with Gasteiger partial charge in [0, 0.05) is 0 Å². The minimum atomic E-state index is -0.431. The first-order valence-electron chi connectivity index (χ1n) is 57.0. The zero-order chi connectivity index (χ0) is 106. The Hall–Kier alpha value is -6.05. The van der Waals surface area contributed by atoms with Crippen molar-refractivity contribution in [2.45, 2.75) is 500 Å². The average molecular weight is 2030 g/mol. The van der Waals surface area contributed by atoms with Crippen LogP contribution in [0.5, 0.6) is 11.5 Å². The molecule has 7 heteroatoms. The van der Waals surface area contributed by atoms with Gasteiger partial charge in [0.1, 0.15) is 11.5 Å². The van der Waals surface area contributed by atoms with Crippen LogP contribution < -0.4 is 36.0 Å². The van der Waals surface area contributed by atoms with Crippen LogP contribution in [-0.2, 0) is 0 Å². The maximum absolute atomic E-state index is 6.37. The molecule has 144 heavy (non-hydrogen) atoms. The molecule has 0 spiro atoms. The summed E-state index contributed by atoms with van der Waals surface area (Å²) in [6, 6.07) is 73.2. The average Bonchev–Trinajstić information content (AvgIpc) is 0.736. The summed E-state index contributed by atoms with van der Waals surface area (Å²) in [5, 5.41) is 9.55. The molecule has 2 nitrogen and oxygen atoms in total. The highest BCUT2D eigenvalue weighted by Crippen LogP contribution is 2.65. The lowest BCUT2D eigenvalue weighted by molar-refractivity contribution is 0.231. The Bertz CT molecular complexity index is 5520. The minimum absolute atomic E-state index is 0.0365. The number of hydrogen-bond donors (Lipinski definition) is 0. The molecule has 0 saturated heterocycles. The van der Waals surface area contributed by atoms with E-state index < -0.39 is 7.92 Å². The third-order valence-corrected chi connectivity index (χ3v) is 48.6. The zero-order valence-corrected chi connectivity index (χ0v) is 103. The Kier molecular flexibility index (Phi) is 43.9. The van der Waals surface area contributed by atoms with Crippen LogP contribution in [-0.4, -0.2) is 65.8 Å². The van der Waals surface area contributed by atoms with Crippen molar-refractivity contribution < 1.29 is 9.47 Å². The molecular weight excluding hydrogens is 1830 g/mol. The topological polar surface area (TPSA) is 18.5 Å². The number of benzene rings is 10. The van der Waals surface area contributed by atoms with Gasteiger partial charge in [-0.15, -0.1) is 0 Å². The molecule has 4 saturated carbocycles. The predicted octanol–water partition coefficient (Wildman–Crippen LogP) is 42.3.